The van der Waals surface area contributed by atoms with E-state index in [2.05, 4.69) is 5.32 Å². The van der Waals surface area contributed by atoms with Crippen molar-refractivity contribution in [3.05, 3.63) is 42.0 Å². The Morgan fingerprint density at radius 3 is 2.75 bits per heavy atom. The highest BCUT2D eigenvalue weighted by molar-refractivity contribution is 5.91. The van der Waals surface area contributed by atoms with Crippen LogP contribution in [0.15, 0.2) is 36.4 Å². The number of allylic oxidation sites excluding steroid dienone is 2. The van der Waals surface area contributed by atoms with Gasteiger partial charge in [0.15, 0.2) is 11.5 Å². The number of hydrogen-bond acceptors (Lipinski definition) is 4. The summed E-state index contributed by atoms with van der Waals surface area (Å²) in [5.74, 6) is -0.187. The summed E-state index contributed by atoms with van der Waals surface area (Å²) in [7, 11) is 0. The Bertz CT molecular complexity index is 665. The Morgan fingerprint density at radius 1 is 1.29 bits per heavy atom. The number of nitrogens with one attached hydrogen (secondary N) is 1. The quantitative estimate of drug-likeness (QED) is 0.592. The third-order valence-electron chi connectivity index (χ3n) is 3.82. The maximum atomic E-state index is 11.8. The molecule has 1 aliphatic heterocycles. The minimum atomic E-state index is -1.03. The highest BCUT2D eigenvalue weighted by Crippen LogP contribution is 2.32. The Hall–Kier alpha value is -2.76. The Balaban J connectivity index is 1.90. The topological polar surface area (TPSA) is 84.9 Å². The van der Waals surface area contributed by atoms with Gasteiger partial charge in [-0.3, -0.25) is 4.79 Å². The zero-order valence-electron chi connectivity index (χ0n) is 13.7. The summed E-state index contributed by atoms with van der Waals surface area (Å²) in [6, 6.07) is 4.66. The second-order valence-electron chi connectivity index (χ2n) is 5.54. The van der Waals surface area contributed by atoms with Crippen LogP contribution in [0.3, 0.4) is 0 Å². The van der Waals surface area contributed by atoms with Gasteiger partial charge in [-0.2, -0.15) is 0 Å². The molecule has 0 spiro atoms. The van der Waals surface area contributed by atoms with Gasteiger partial charge in [-0.15, -0.1) is 0 Å². The first kappa shape index (κ1) is 17.6. The fraction of sp³-hybridized carbons (Fsp3) is 0.333. The lowest BCUT2D eigenvalue weighted by atomic mass is 9.99. The maximum Gasteiger partial charge on any atom is 0.326 e. The predicted octanol–water partition coefficient (Wildman–Crippen LogP) is 2.60. The number of hydrogen-bond donors (Lipinski definition) is 2. The third-order valence-corrected chi connectivity index (χ3v) is 3.82. The van der Waals surface area contributed by atoms with Crippen LogP contribution in [-0.4, -0.2) is 29.8 Å². The van der Waals surface area contributed by atoms with Crippen molar-refractivity contribution in [2.45, 2.75) is 26.3 Å². The van der Waals surface area contributed by atoms with Gasteiger partial charge < -0.3 is 19.9 Å². The molecule has 2 rings (SSSR count). The first-order chi connectivity index (χ1) is 11.5. The average molecular weight is 331 g/mol. The van der Waals surface area contributed by atoms with E-state index < -0.39 is 17.9 Å². The van der Waals surface area contributed by atoms with Crippen LogP contribution in [0.4, 0.5) is 0 Å². The fourth-order valence-corrected chi connectivity index (χ4v) is 2.21. The zero-order chi connectivity index (χ0) is 17.5. The standard InChI is InChI=1S/C18H21NO5/c1-3-12(2)17(18(21)22)19-16(20)7-5-4-6-13-8-9-14-15(10-13)24-11-23-14/h4-10,12,17H,3,11H2,1-2H3,(H,19,20)(H,21,22)/t12-,17-/m0/s1. The van der Waals surface area contributed by atoms with Gasteiger partial charge in [0.25, 0.3) is 0 Å². The van der Waals surface area contributed by atoms with Crippen LogP contribution in [-0.2, 0) is 9.59 Å². The van der Waals surface area contributed by atoms with Crippen LogP contribution in [0, 0.1) is 5.92 Å². The molecule has 1 heterocycles. The zero-order valence-corrected chi connectivity index (χ0v) is 13.7. The maximum absolute atomic E-state index is 11.8. The smallest absolute Gasteiger partial charge is 0.326 e. The molecule has 2 N–H and O–H groups in total. The fourth-order valence-electron chi connectivity index (χ4n) is 2.21. The van der Waals surface area contributed by atoms with Crippen molar-refractivity contribution in [3.8, 4) is 11.5 Å². The summed E-state index contributed by atoms with van der Waals surface area (Å²) < 4.78 is 10.5. The number of amides is 1. The predicted molar refractivity (Wildman–Crippen MR) is 89.8 cm³/mol. The van der Waals surface area contributed by atoms with E-state index in [1.807, 2.05) is 31.2 Å². The average Bonchev–Trinajstić information content (AvgIpc) is 3.03. The molecule has 24 heavy (non-hydrogen) atoms. The second-order valence-corrected chi connectivity index (χ2v) is 5.54. The Morgan fingerprint density at radius 2 is 2.04 bits per heavy atom. The molecular weight excluding hydrogens is 310 g/mol. The molecule has 2 atom stereocenters. The summed E-state index contributed by atoms with van der Waals surface area (Å²) in [5, 5.41) is 11.7. The highest BCUT2D eigenvalue weighted by atomic mass is 16.7. The molecule has 6 nitrogen and oxygen atoms in total. The van der Waals surface area contributed by atoms with Crippen LogP contribution in [0.1, 0.15) is 25.8 Å². The SMILES string of the molecule is CC[C@H](C)[C@H](NC(=O)C=CC=Cc1ccc2c(c1)OCO2)C(=O)O. The van der Waals surface area contributed by atoms with Crippen molar-refractivity contribution in [2.75, 3.05) is 6.79 Å². The summed E-state index contributed by atoms with van der Waals surface area (Å²) in [6.07, 6.45) is 7.06. The molecule has 0 fully saturated rings. The molecule has 0 radical (unpaired) electrons. The lowest BCUT2D eigenvalue weighted by molar-refractivity contribution is -0.142. The number of carboxylic acids is 1. The number of benzene rings is 1. The molecule has 1 aromatic rings. The lowest BCUT2D eigenvalue weighted by Crippen LogP contribution is -2.44. The molecular formula is C18H21NO5. The van der Waals surface area contributed by atoms with Crippen molar-refractivity contribution < 1.29 is 24.2 Å². The molecule has 1 aliphatic rings. The number of rotatable bonds is 7. The number of carbonyl (C=O) groups excluding carboxylic acids is 1. The number of fused-ring (bicyclic) bond motifs is 1. The van der Waals surface area contributed by atoms with E-state index in [1.165, 1.54) is 6.08 Å². The van der Waals surface area contributed by atoms with Gasteiger partial charge in [-0.05, 0) is 23.6 Å². The monoisotopic (exact) mass is 331 g/mol. The molecule has 0 bridgehead atoms. The number of carbonyl (C=O) groups is 2. The summed E-state index contributed by atoms with van der Waals surface area (Å²) >= 11 is 0. The molecule has 0 unspecified atom stereocenters. The van der Waals surface area contributed by atoms with Gasteiger partial charge in [0, 0.05) is 6.08 Å². The van der Waals surface area contributed by atoms with Crippen LogP contribution in [0.2, 0.25) is 0 Å². The van der Waals surface area contributed by atoms with Crippen LogP contribution < -0.4 is 14.8 Å². The summed E-state index contributed by atoms with van der Waals surface area (Å²) in [5.41, 5.74) is 0.910. The van der Waals surface area contributed by atoms with Gasteiger partial charge in [0.2, 0.25) is 12.7 Å². The van der Waals surface area contributed by atoms with Gasteiger partial charge in [0.1, 0.15) is 6.04 Å². The van der Waals surface area contributed by atoms with Crippen molar-refractivity contribution in [2.24, 2.45) is 5.92 Å². The molecule has 1 aromatic carbocycles. The minimum absolute atomic E-state index is 0.135. The summed E-state index contributed by atoms with van der Waals surface area (Å²) in [6.45, 7) is 3.91. The van der Waals surface area contributed by atoms with Gasteiger partial charge in [-0.1, -0.05) is 44.6 Å². The minimum Gasteiger partial charge on any atom is -0.480 e. The van der Waals surface area contributed by atoms with Gasteiger partial charge >= 0.3 is 5.97 Å². The largest absolute Gasteiger partial charge is 0.480 e. The van der Waals surface area contributed by atoms with Crippen molar-refractivity contribution >= 4 is 18.0 Å². The van der Waals surface area contributed by atoms with Crippen LogP contribution in [0.5, 0.6) is 11.5 Å². The van der Waals surface area contributed by atoms with E-state index >= 15 is 0 Å². The van der Waals surface area contributed by atoms with Gasteiger partial charge in [-0.25, -0.2) is 4.79 Å². The molecule has 0 saturated carbocycles. The van der Waals surface area contributed by atoms with Crippen molar-refractivity contribution in [3.63, 3.8) is 0 Å². The third kappa shape index (κ3) is 4.62. The van der Waals surface area contributed by atoms with E-state index in [9.17, 15) is 9.59 Å². The van der Waals surface area contributed by atoms with E-state index in [0.29, 0.717) is 17.9 Å². The molecule has 0 aromatic heterocycles. The van der Waals surface area contributed by atoms with E-state index in [1.54, 1.807) is 19.1 Å². The van der Waals surface area contributed by atoms with Gasteiger partial charge in [0.05, 0.1) is 0 Å². The normalized spacial score (nSPS) is 15.6. The molecule has 6 heteroatoms. The number of aliphatic carboxylic acids is 1. The molecule has 0 aliphatic carbocycles. The lowest BCUT2D eigenvalue weighted by Gasteiger charge is -2.19. The van der Waals surface area contributed by atoms with Crippen LogP contribution >= 0.6 is 0 Å². The Kier molecular flexibility index (Phi) is 6.01. The number of ether oxygens (including phenoxy) is 2. The van der Waals surface area contributed by atoms with E-state index in [0.717, 1.165) is 5.56 Å². The molecule has 128 valence electrons. The van der Waals surface area contributed by atoms with Crippen molar-refractivity contribution in [1.82, 2.24) is 5.32 Å². The first-order valence-corrected chi connectivity index (χ1v) is 7.79. The summed E-state index contributed by atoms with van der Waals surface area (Å²) in [4.78, 5) is 23.0. The first-order valence-electron chi connectivity index (χ1n) is 7.79. The van der Waals surface area contributed by atoms with E-state index in [-0.39, 0.29) is 12.7 Å². The molecule has 0 saturated heterocycles. The number of carboxylic acid groups (broad SMARTS) is 1. The Labute approximate surface area is 140 Å². The molecule has 1 amide bonds. The van der Waals surface area contributed by atoms with Crippen molar-refractivity contribution in [1.29, 1.82) is 0 Å². The highest BCUT2D eigenvalue weighted by Gasteiger charge is 2.24. The van der Waals surface area contributed by atoms with Crippen LogP contribution in [0.25, 0.3) is 6.08 Å². The van der Waals surface area contributed by atoms with E-state index in [4.69, 9.17) is 14.6 Å². The second kappa shape index (κ2) is 8.19.